The molecule has 0 saturated heterocycles. The standard InChI is InChI=1S/C24H40Cl2O3/c25-13-11-19(21-5-1-9-23(27)17-21)7-3-15-29-16-4-8-20(12-14-26)22-6-2-10-24(28)18-22/h19-22H,1-18H2. The zero-order chi connectivity index (χ0) is 20.9. The van der Waals surface area contributed by atoms with Gasteiger partial charge in [-0.05, 0) is 87.9 Å². The zero-order valence-corrected chi connectivity index (χ0v) is 19.5. The predicted octanol–water partition coefficient (Wildman–Crippen LogP) is 6.57. The first-order valence-electron chi connectivity index (χ1n) is 11.9. The van der Waals surface area contributed by atoms with Gasteiger partial charge in [-0.2, -0.15) is 0 Å². The Balaban J connectivity index is 1.59. The van der Waals surface area contributed by atoms with Crippen LogP contribution < -0.4 is 0 Å². The number of Topliss-reactive ketones (excluding diaryl/α,β-unsaturated/α-hetero) is 2. The van der Waals surface area contributed by atoms with Crippen LogP contribution in [0.1, 0.15) is 89.9 Å². The number of carbonyl (C=O) groups excluding carboxylic acids is 2. The largest absolute Gasteiger partial charge is 0.381 e. The molecule has 0 aromatic carbocycles. The number of rotatable bonds is 14. The molecule has 2 fully saturated rings. The average Bonchev–Trinajstić information content (AvgIpc) is 2.71. The molecular formula is C24H40Cl2O3. The van der Waals surface area contributed by atoms with E-state index in [4.69, 9.17) is 27.9 Å². The van der Waals surface area contributed by atoms with E-state index in [1.165, 1.54) is 12.8 Å². The maximum Gasteiger partial charge on any atom is 0.133 e. The van der Waals surface area contributed by atoms with Gasteiger partial charge in [0.1, 0.15) is 11.6 Å². The topological polar surface area (TPSA) is 43.4 Å². The van der Waals surface area contributed by atoms with Crippen molar-refractivity contribution in [3.63, 3.8) is 0 Å². The van der Waals surface area contributed by atoms with Gasteiger partial charge in [0.05, 0.1) is 0 Å². The van der Waals surface area contributed by atoms with Crippen LogP contribution >= 0.6 is 23.2 Å². The first-order chi connectivity index (χ1) is 14.1. The lowest BCUT2D eigenvalue weighted by atomic mass is 9.76. The second-order valence-corrected chi connectivity index (χ2v) is 9.92. The Kier molecular flexibility index (Phi) is 12.8. The number of ether oxygens (including phenoxy) is 1. The van der Waals surface area contributed by atoms with Gasteiger partial charge in [-0.15, -0.1) is 23.2 Å². The summed E-state index contributed by atoms with van der Waals surface area (Å²) < 4.78 is 5.91. The molecule has 4 unspecified atom stereocenters. The van der Waals surface area contributed by atoms with Crippen LogP contribution in [0.3, 0.4) is 0 Å². The molecule has 0 aromatic rings. The molecule has 0 radical (unpaired) electrons. The van der Waals surface area contributed by atoms with E-state index in [1.54, 1.807) is 0 Å². The van der Waals surface area contributed by atoms with Crippen LogP contribution in [0.4, 0.5) is 0 Å². The molecule has 0 amide bonds. The maximum atomic E-state index is 11.8. The van der Waals surface area contributed by atoms with Crippen LogP contribution in [-0.4, -0.2) is 36.5 Å². The molecule has 5 heteroatoms. The summed E-state index contributed by atoms with van der Waals surface area (Å²) in [5, 5.41) is 0. The fraction of sp³-hybridized carbons (Fsp3) is 0.917. The van der Waals surface area contributed by atoms with Crippen molar-refractivity contribution in [3.8, 4) is 0 Å². The number of carbonyl (C=O) groups is 2. The van der Waals surface area contributed by atoms with E-state index in [-0.39, 0.29) is 0 Å². The minimum atomic E-state index is 0.434. The Hall–Kier alpha value is -0.120. The van der Waals surface area contributed by atoms with E-state index < -0.39 is 0 Å². The van der Waals surface area contributed by atoms with Crippen molar-refractivity contribution < 1.29 is 14.3 Å². The minimum Gasteiger partial charge on any atom is -0.381 e. The lowest BCUT2D eigenvalue weighted by Crippen LogP contribution is -2.24. The smallest absolute Gasteiger partial charge is 0.133 e. The zero-order valence-electron chi connectivity index (χ0n) is 18.0. The molecule has 0 heterocycles. The average molecular weight is 447 g/mol. The van der Waals surface area contributed by atoms with Crippen molar-refractivity contribution in [1.82, 2.24) is 0 Å². The molecule has 0 aliphatic heterocycles. The van der Waals surface area contributed by atoms with Gasteiger partial charge in [0.25, 0.3) is 0 Å². The number of alkyl halides is 2. The number of ketones is 2. The highest BCUT2D eigenvalue weighted by molar-refractivity contribution is 6.18. The van der Waals surface area contributed by atoms with Gasteiger partial charge in [0.15, 0.2) is 0 Å². The van der Waals surface area contributed by atoms with E-state index >= 15 is 0 Å². The number of hydrogen-bond acceptors (Lipinski definition) is 3. The van der Waals surface area contributed by atoms with Crippen LogP contribution in [0.25, 0.3) is 0 Å². The van der Waals surface area contributed by atoms with E-state index in [2.05, 4.69) is 0 Å². The van der Waals surface area contributed by atoms with Crippen LogP contribution in [0.2, 0.25) is 0 Å². The molecular weight excluding hydrogens is 407 g/mol. The van der Waals surface area contributed by atoms with Gasteiger partial charge in [-0.3, -0.25) is 9.59 Å². The van der Waals surface area contributed by atoms with Crippen molar-refractivity contribution in [3.05, 3.63) is 0 Å². The Morgan fingerprint density at radius 1 is 0.759 bits per heavy atom. The highest BCUT2D eigenvalue weighted by Crippen LogP contribution is 2.34. The van der Waals surface area contributed by atoms with Gasteiger partial charge in [-0.1, -0.05) is 0 Å². The van der Waals surface area contributed by atoms with Gasteiger partial charge >= 0.3 is 0 Å². The van der Waals surface area contributed by atoms with Gasteiger partial charge < -0.3 is 4.74 Å². The van der Waals surface area contributed by atoms with Crippen LogP contribution in [0.15, 0.2) is 0 Å². The van der Waals surface area contributed by atoms with Crippen LogP contribution in [-0.2, 0) is 14.3 Å². The predicted molar refractivity (Wildman–Crippen MR) is 121 cm³/mol. The van der Waals surface area contributed by atoms with E-state index in [0.29, 0.717) is 47.0 Å². The minimum absolute atomic E-state index is 0.434. The molecule has 3 nitrogen and oxygen atoms in total. The summed E-state index contributed by atoms with van der Waals surface area (Å²) in [5.41, 5.74) is 0. The molecule has 2 aliphatic carbocycles. The quantitative estimate of drug-likeness (QED) is 0.223. The fourth-order valence-electron chi connectivity index (χ4n) is 5.43. The Labute approximate surface area is 187 Å². The van der Waals surface area contributed by atoms with Crippen LogP contribution in [0.5, 0.6) is 0 Å². The van der Waals surface area contributed by atoms with Crippen molar-refractivity contribution in [1.29, 1.82) is 0 Å². The summed E-state index contributed by atoms with van der Waals surface area (Å²) in [6.07, 6.45) is 13.9. The second kappa shape index (κ2) is 14.8. The Morgan fingerprint density at radius 2 is 1.21 bits per heavy atom. The lowest BCUT2D eigenvalue weighted by molar-refractivity contribution is -0.123. The first-order valence-corrected chi connectivity index (χ1v) is 12.9. The summed E-state index contributed by atoms with van der Waals surface area (Å²) in [4.78, 5) is 23.6. The van der Waals surface area contributed by atoms with E-state index in [0.717, 1.165) is 90.3 Å². The molecule has 0 aromatic heterocycles. The molecule has 0 bridgehead atoms. The summed E-state index contributed by atoms with van der Waals surface area (Å²) in [6.45, 7) is 1.59. The number of halogens is 2. The third kappa shape index (κ3) is 9.70. The summed E-state index contributed by atoms with van der Waals surface area (Å²) in [7, 11) is 0. The van der Waals surface area contributed by atoms with E-state index in [1.807, 2.05) is 0 Å². The SMILES string of the molecule is O=C1CCCC(C(CCCl)CCCOCCCC(CCCl)C2CCCC(=O)C2)C1. The van der Waals surface area contributed by atoms with E-state index in [9.17, 15) is 9.59 Å². The Bertz CT molecular complexity index is 441. The van der Waals surface area contributed by atoms with Crippen molar-refractivity contribution in [2.75, 3.05) is 25.0 Å². The summed E-state index contributed by atoms with van der Waals surface area (Å²) >= 11 is 12.0. The molecule has 29 heavy (non-hydrogen) atoms. The van der Waals surface area contributed by atoms with Crippen LogP contribution in [0, 0.1) is 23.7 Å². The highest BCUT2D eigenvalue weighted by Gasteiger charge is 2.27. The molecule has 4 atom stereocenters. The normalized spacial score (nSPS) is 25.2. The molecule has 2 aliphatic rings. The van der Waals surface area contributed by atoms with Gasteiger partial charge in [0.2, 0.25) is 0 Å². The van der Waals surface area contributed by atoms with Gasteiger partial charge in [-0.25, -0.2) is 0 Å². The Morgan fingerprint density at radius 3 is 1.59 bits per heavy atom. The summed E-state index contributed by atoms with van der Waals surface area (Å²) in [5.74, 6) is 4.43. The molecule has 168 valence electrons. The van der Waals surface area contributed by atoms with Crippen molar-refractivity contribution >= 4 is 34.8 Å². The first kappa shape index (κ1) is 25.1. The lowest BCUT2D eigenvalue weighted by Gasteiger charge is -2.29. The molecule has 2 rings (SSSR count). The van der Waals surface area contributed by atoms with Crippen molar-refractivity contribution in [2.24, 2.45) is 23.7 Å². The third-order valence-electron chi connectivity index (χ3n) is 7.06. The van der Waals surface area contributed by atoms with Crippen molar-refractivity contribution in [2.45, 2.75) is 89.9 Å². The molecule has 0 N–H and O–H groups in total. The monoisotopic (exact) mass is 446 g/mol. The molecule has 2 saturated carbocycles. The van der Waals surface area contributed by atoms with Gasteiger partial charge in [0, 0.05) is 50.7 Å². The maximum absolute atomic E-state index is 11.8. The third-order valence-corrected chi connectivity index (χ3v) is 7.50. The summed E-state index contributed by atoms with van der Waals surface area (Å²) in [6, 6.07) is 0. The second-order valence-electron chi connectivity index (χ2n) is 9.16. The highest BCUT2D eigenvalue weighted by atomic mass is 35.5. The fourth-order valence-corrected chi connectivity index (χ4v) is 5.99. The number of hydrogen-bond donors (Lipinski definition) is 0. The molecule has 0 spiro atoms.